The van der Waals surface area contributed by atoms with E-state index in [9.17, 15) is 9.59 Å². The Kier molecular flexibility index (Phi) is 4.75. The molecular weight excluding hydrogens is 266 g/mol. The van der Waals surface area contributed by atoms with Crippen molar-refractivity contribution in [2.45, 2.75) is 32.0 Å². The lowest BCUT2D eigenvalue weighted by Crippen LogP contribution is -2.46. The third-order valence-electron chi connectivity index (χ3n) is 3.81. The normalized spacial score (nSPS) is 14.8. The molecule has 0 saturated heterocycles. The van der Waals surface area contributed by atoms with Gasteiger partial charge in [0, 0.05) is 25.7 Å². The first-order valence-corrected chi connectivity index (χ1v) is 7.07. The fourth-order valence-corrected chi connectivity index (χ4v) is 2.65. The first-order valence-electron chi connectivity index (χ1n) is 7.07. The van der Waals surface area contributed by atoms with E-state index < -0.39 is 6.04 Å². The molecule has 1 aromatic carbocycles. The molecule has 3 N–H and O–H groups in total. The largest absolute Gasteiger partial charge is 0.357 e. The van der Waals surface area contributed by atoms with E-state index in [4.69, 9.17) is 5.73 Å². The van der Waals surface area contributed by atoms with Crippen molar-refractivity contribution in [1.82, 2.24) is 10.2 Å². The van der Waals surface area contributed by atoms with Crippen LogP contribution in [-0.2, 0) is 17.9 Å². The number of fused-ring (bicyclic) bond motifs is 1. The molecule has 1 atom stereocenters. The summed E-state index contributed by atoms with van der Waals surface area (Å²) in [6.07, 6.45) is 3.02. The predicted molar refractivity (Wildman–Crippen MR) is 81.5 cm³/mol. The van der Waals surface area contributed by atoms with Gasteiger partial charge in [-0.15, -0.1) is 6.58 Å². The Morgan fingerprint density at radius 3 is 2.95 bits per heavy atom. The molecule has 21 heavy (non-hydrogen) atoms. The van der Waals surface area contributed by atoms with Crippen LogP contribution in [0.5, 0.6) is 0 Å². The molecular formula is C16H21N3O2. The topological polar surface area (TPSA) is 75.4 Å². The van der Waals surface area contributed by atoms with E-state index in [1.807, 2.05) is 12.1 Å². The highest BCUT2D eigenvalue weighted by atomic mass is 16.2. The van der Waals surface area contributed by atoms with Gasteiger partial charge in [-0.3, -0.25) is 9.59 Å². The molecule has 0 fully saturated rings. The average molecular weight is 287 g/mol. The van der Waals surface area contributed by atoms with Crippen LogP contribution in [0.15, 0.2) is 30.9 Å². The SMILES string of the molecule is C=CCCC(C(=O)NC)N1Cc2cc(CN)ccc2C1=O. The molecule has 1 aliphatic rings. The van der Waals surface area contributed by atoms with Gasteiger partial charge in [0.1, 0.15) is 6.04 Å². The molecule has 0 aliphatic carbocycles. The van der Waals surface area contributed by atoms with E-state index in [0.717, 1.165) is 11.1 Å². The van der Waals surface area contributed by atoms with Crippen LogP contribution in [0, 0.1) is 0 Å². The van der Waals surface area contributed by atoms with Crippen molar-refractivity contribution in [2.24, 2.45) is 5.73 Å². The first kappa shape index (κ1) is 15.3. The van der Waals surface area contributed by atoms with Gasteiger partial charge in [-0.2, -0.15) is 0 Å². The summed E-state index contributed by atoms with van der Waals surface area (Å²) in [5.41, 5.74) is 8.23. The number of nitrogens with zero attached hydrogens (tertiary/aromatic N) is 1. The molecule has 0 aromatic heterocycles. The maximum absolute atomic E-state index is 12.5. The van der Waals surface area contributed by atoms with Gasteiger partial charge in [-0.25, -0.2) is 0 Å². The van der Waals surface area contributed by atoms with Crippen LogP contribution < -0.4 is 11.1 Å². The van der Waals surface area contributed by atoms with E-state index in [1.165, 1.54) is 0 Å². The second kappa shape index (κ2) is 6.54. The van der Waals surface area contributed by atoms with Crippen molar-refractivity contribution in [3.63, 3.8) is 0 Å². The van der Waals surface area contributed by atoms with Crippen molar-refractivity contribution in [3.05, 3.63) is 47.5 Å². The van der Waals surface area contributed by atoms with Crippen LogP contribution in [0.2, 0.25) is 0 Å². The summed E-state index contributed by atoms with van der Waals surface area (Å²) in [4.78, 5) is 26.2. The minimum Gasteiger partial charge on any atom is -0.357 e. The highest BCUT2D eigenvalue weighted by molar-refractivity contribution is 6.01. The molecule has 112 valence electrons. The minimum absolute atomic E-state index is 0.0915. The predicted octanol–water partition coefficient (Wildman–Crippen LogP) is 1.18. The third-order valence-corrected chi connectivity index (χ3v) is 3.81. The van der Waals surface area contributed by atoms with Crippen molar-refractivity contribution in [1.29, 1.82) is 0 Å². The second-order valence-corrected chi connectivity index (χ2v) is 5.12. The van der Waals surface area contributed by atoms with Crippen LogP contribution in [0.4, 0.5) is 0 Å². The summed E-state index contributed by atoms with van der Waals surface area (Å²) in [7, 11) is 1.59. The number of carbonyl (C=O) groups is 2. The number of rotatable bonds is 6. The number of benzene rings is 1. The standard InChI is InChI=1S/C16H21N3O2/c1-3-4-5-14(15(20)18-2)19-10-12-8-11(9-17)6-7-13(12)16(19)21/h3,6-8,14H,1,4-5,9-10,17H2,2H3,(H,18,20). The number of hydrogen-bond acceptors (Lipinski definition) is 3. The van der Waals surface area contributed by atoms with Crippen LogP contribution in [0.25, 0.3) is 0 Å². The zero-order valence-corrected chi connectivity index (χ0v) is 12.3. The number of allylic oxidation sites excluding steroid dienone is 1. The fourth-order valence-electron chi connectivity index (χ4n) is 2.65. The van der Waals surface area contributed by atoms with Gasteiger partial charge in [0.25, 0.3) is 5.91 Å². The van der Waals surface area contributed by atoms with Gasteiger partial charge in [0.15, 0.2) is 0 Å². The van der Waals surface area contributed by atoms with Gasteiger partial charge < -0.3 is 16.0 Å². The molecule has 1 aliphatic heterocycles. The lowest BCUT2D eigenvalue weighted by atomic mass is 10.1. The molecule has 5 heteroatoms. The zero-order valence-electron chi connectivity index (χ0n) is 12.3. The molecule has 0 spiro atoms. The second-order valence-electron chi connectivity index (χ2n) is 5.12. The summed E-state index contributed by atoms with van der Waals surface area (Å²) < 4.78 is 0. The van der Waals surface area contributed by atoms with Crippen LogP contribution in [-0.4, -0.2) is 29.8 Å². The number of amides is 2. The lowest BCUT2D eigenvalue weighted by molar-refractivity contribution is -0.125. The Hall–Kier alpha value is -2.14. The number of carbonyl (C=O) groups excluding carboxylic acids is 2. The minimum atomic E-state index is -0.464. The fraction of sp³-hybridized carbons (Fsp3) is 0.375. The van der Waals surface area contributed by atoms with Crippen molar-refractivity contribution >= 4 is 11.8 Å². The Morgan fingerprint density at radius 2 is 2.33 bits per heavy atom. The highest BCUT2D eigenvalue weighted by Crippen LogP contribution is 2.27. The average Bonchev–Trinajstić information content (AvgIpc) is 2.83. The number of hydrogen-bond donors (Lipinski definition) is 2. The van der Waals surface area contributed by atoms with E-state index in [2.05, 4.69) is 11.9 Å². The molecule has 5 nitrogen and oxygen atoms in total. The molecule has 1 heterocycles. The highest BCUT2D eigenvalue weighted by Gasteiger charge is 2.35. The van der Waals surface area contributed by atoms with E-state index in [-0.39, 0.29) is 11.8 Å². The summed E-state index contributed by atoms with van der Waals surface area (Å²) >= 11 is 0. The third kappa shape index (κ3) is 2.97. The molecule has 0 saturated carbocycles. The van der Waals surface area contributed by atoms with Crippen molar-refractivity contribution in [3.8, 4) is 0 Å². The molecule has 1 unspecified atom stereocenters. The van der Waals surface area contributed by atoms with Gasteiger partial charge in [-0.1, -0.05) is 18.2 Å². The summed E-state index contributed by atoms with van der Waals surface area (Å²) in [5, 5.41) is 2.63. The number of nitrogens with two attached hydrogens (primary N) is 1. The Bertz CT molecular complexity index is 569. The molecule has 0 bridgehead atoms. The maximum Gasteiger partial charge on any atom is 0.255 e. The summed E-state index contributed by atoms with van der Waals surface area (Å²) in [5.74, 6) is -0.233. The number of nitrogens with one attached hydrogen (secondary N) is 1. The quantitative estimate of drug-likeness (QED) is 0.772. The summed E-state index contributed by atoms with van der Waals surface area (Å²) in [6.45, 7) is 4.57. The van der Waals surface area contributed by atoms with Gasteiger partial charge >= 0.3 is 0 Å². The van der Waals surface area contributed by atoms with Crippen molar-refractivity contribution < 1.29 is 9.59 Å². The lowest BCUT2D eigenvalue weighted by Gasteiger charge is -2.26. The Balaban J connectivity index is 2.26. The van der Waals surface area contributed by atoms with Crippen LogP contribution in [0.1, 0.15) is 34.3 Å². The number of likely N-dealkylation sites (N-methyl/N-ethyl adjacent to an activating group) is 1. The molecule has 0 radical (unpaired) electrons. The molecule has 2 rings (SSSR count). The summed E-state index contributed by atoms with van der Waals surface area (Å²) in [6, 6.07) is 5.14. The van der Waals surface area contributed by atoms with Gasteiger partial charge in [-0.05, 0) is 30.0 Å². The monoisotopic (exact) mass is 287 g/mol. The van der Waals surface area contributed by atoms with Gasteiger partial charge in [0.2, 0.25) is 5.91 Å². The first-order chi connectivity index (χ1) is 10.1. The van der Waals surface area contributed by atoms with E-state index in [0.29, 0.717) is 31.5 Å². The Morgan fingerprint density at radius 1 is 1.57 bits per heavy atom. The van der Waals surface area contributed by atoms with Crippen molar-refractivity contribution in [2.75, 3.05) is 7.05 Å². The van der Waals surface area contributed by atoms with Crippen LogP contribution in [0.3, 0.4) is 0 Å². The molecule has 1 aromatic rings. The molecule has 2 amide bonds. The Labute approximate surface area is 124 Å². The van der Waals surface area contributed by atoms with Crippen LogP contribution >= 0.6 is 0 Å². The maximum atomic E-state index is 12.5. The van der Waals surface area contributed by atoms with E-state index in [1.54, 1.807) is 24.1 Å². The smallest absolute Gasteiger partial charge is 0.255 e. The van der Waals surface area contributed by atoms with Gasteiger partial charge in [0.05, 0.1) is 0 Å². The van der Waals surface area contributed by atoms with E-state index >= 15 is 0 Å². The zero-order chi connectivity index (χ0) is 15.4.